The fourth-order valence-electron chi connectivity index (χ4n) is 2.19. The molecule has 1 heterocycles. The van der Waals surface area contributed by atoms with Crippen LogP contribution in [0.5, 0.6) is 0 Å². The minimum Gasteiger partial charge on any atom is -0.351 e. The highest BCUT2D eigenvalue weighted by atomic mass is 79.9. The molecule has 0 fully saturated rings. The summed E-state index contributed by atoms with van der Waals surface area (Å²) in [6, 6.07) is 9.40. The Kier molecular flexibility index (Phi) is 5.12. The van der Waals surface area contributed by atoms with Gasteiger partial charge in [0, 0.05) is 28.5 Å². The number of aromatic nitrogens is 1. The number of hydrogen-bond donors (Lipinski definition) is 1. The van der Waals surface area contributed by atoms with Crippen LogP contribution in [0.25, 0.3) is 10.9 Å². The summed E-state index contributed by atoms with van der Waals surface area (Å²) in [5, 5.41) is 3.87. The molecule has 106 valence electrons. The van der Waals surface area contributed by atoms with Gasteiger partial charge in [0.05, 0.1) is 5.52 Å². The number of hydrogen-bond acceptors (Lipinski definition) is 2. The lowest BCUT2D eigenvalue weighted by Crippen LogP contribution is -2.30. The summed E-state index contributed by atoms with van der Waals surface area (Å²) in [6.07, 6.45) is 2.78. The third-order valence-corrected chi connectivity index (χ3v) is 3.80. The summed E-state index contributed by atoms with van der Waals surface area (Å²) >= 11 is 3.60. The van der Waals surface area contributed by atoms with Crippen LogP contribution in [0.3, 0.4) is 0 Å². The van der Waals surface area contributed by atoms with E-state index in [1.54, 1.807) is 6.20 Å². The number of nitrogens with one attached hydrogen (secondary N) is 1. The maximum atomic E-state index is 12.3. The Bertz CT molecular complexity index is 593. The number of rotatable bonds is 5. The lowest BCUT2D eigenvalue weighted by Gasteiger charge is -2.13. The molecule has 0 aliphatic carbocycles. The van der Waals surface area contributed by atoms with Crippen LogP contribution < -0.4 is 5.32 Å². The molecule has 4 heteroatoms. The predicted molar refractivity (Wildman–Crippen MR) is 86.2 cm³/mol. The van der Waals surface area contributed by atoms with Gasteiger partial charge in [0.2, 0.25) is 0 Å². The van der Waals surface area contributed by atoms with E-state index in [1.165, 1.54) is 0 Å². The van der Waals surface area contributed by atoms with Gasteiger partial charge in [-0.25, -0.2) is 0 Å². The lowest BCUT2D eigenvalue weighted by molar-refractivity contribution is 0.0955. The second-order valence-electron chi connectivity index (χ2n) is 5.31. The molecule has 20 heavy (non-hydrogen) atoms. The van der Waals surface area contributed by atoms with Gasteiger partial charge in [-0.05, 0) is 30.5 Å². The molecule has 2 rings (SSSR count). The van der Waals surface area contributed by atoms with E-state index in [-0.39, 0.29) is 5.91 Å². The minimum atomic E-state index is -0.0446. The number of carbonyl (C=O) groups excluding carboxylic acids is 1. The SMILES string of the molecule is CC(C)CC(Br)CNC(=O)c1cccc2ncccc12. The Balaban J connectivity index is 2.08. The first-order valence-electron chi connectivity index (χ1n) is 6.84. The number of pyridine rings is 1. The Morgan fingerprint density at radius 3 is 2.85 bits per heavy atom. The molecule has 0 aliphatic rings. The van der Waals surface area contributed by atoms with Gasteiger partial charge >= 0.3 is 0 Å². The predicted octanol–water partition coefficient (Wildman–Crippen LogP) is 3.77. The summed E-state index contributed by atoms with van der Waals surface area (Å²) in [5.41, 5.74) is 1.53. The van der Waals surface area contributed by atoms with Crippen molar-refractivity contribution in [1.82, 2.24) is 10.3 Å². The summed E-state index contributed by atoms with van der Waals surface area (Å²) in [7, 11) is 0. The van der Waals surface area contributed by atoms with E-state index in [0.717, 1.165) is 17.3 Å². The van der Waals surface area contributed by atoms with Crippen molar-refractivity contribution in [1.29, 1.82) is 0 Å². The molecular formula is C16H19BrN2O. The zero-order valence-electron chi connectivity index (χ0n) is 11.8. The number of alkyl halides is 1. The van der Waals surface area contributed by atoms with Gasteiger partial charge in [-0.15, -0.1) is 0 Å². The van der Waals surface area contributed by atoms with Crippen LogP contribution in [0, 0.1) is 5.92 Å². The molecule has 0 saturated heterocycles. The molecule has 0 aliphatic heterocycles. The average Bonchev–Trinajstić information content (AvgIpc) is 2.43. The van der Waals surface area contributed by atoms with E-state index in [9.17, 15) is 4.79 Å². The Labute approximate surface area is 127 Å². The molecule has 0 bridgehead atoms. The van der Waals surface area contributed by atoms with Crippen molar-refractivity contribution >= 4 is 32.7 Å². The van der Waals surface area contributed by atoms with Crippen LogP contribution in [-0.4, -0.2) is 22.3 Å². The van der Waals surface area contributed by atoms with Crippen LogP contribution in [0.15, 0.2) is 36.5 Å². The second kappa shape index (κ2) is 6.84. The third kappa shape index (κ3) is 3.79. The standard InChI is InChI=1S/C16H19BrN2O/c1-11(2)9-12(17)10-19-16(20)14-5-3-7-15-13(14)6-4-8-18-15/h3-8,11-12H,9-10H2,1-2H3,(H,19,20). The first-order valence-corrected chi connectivity index (χ1v) is 7.75. The molecule has 1 aromatic carbocycles. The number of carbonyl (C=O) groups is 1. The molecule has 0 saturated carbocycles. The third-order valence-electron chi connectivity index (χ3n) is 3.10. The summed E-state index contributed by atoms with van der Waals surface area (Å²) in [5.74, 6) is 0.565. The van der Waals surface area contributed by atoms with E-state index >= 15 is 0 Å². The number of benzene rings is 1. The van der Waals surface area contributed by atoms with E-state index in [2.05, 4.69) is 40.1 Å². The second-order valence-corrected chi connectivity index (χ2v) is 6.61. The molecule has 3 nitrogen and oxygen atoms in total. The van der Waals surface area contributed by atoms with Gasteiger partial charge in [-0.2, -0.15) is 0 Å². The molecule has 0 spiro atoms. The first-order chi connectivity index (χ1) is 9.58. The molecule has 1 amide bonds. The largest absolute Gasteiger partial charge is 0.351 e. The first kappa shape index (κ1) is 15.0. The van der Waals surface area contributed by atoms with Crippen molar-refractivity contribution in [2.24, 2.45) is 5.92 Å². The summed E-state index contributed by atoms with van der Waals surface area (Å²) in [4.78, 5) is 16.9. The topological polar surface area (TPSA) is 42.0 Å². The van der Waals surface area contributed by atoms with Gasteiger partial charge in [0.25, 0.3) is 5.91 Å². The highest BCUT2D eigenvalue weighted by molar-refractivity contribution is 9.09. The van der Waals surface area contributed by atoms with Crippen molar-refractivity contribution in [2.75, 3.05) is 6.54 Å². The van der Waals surface area contributed by atoms with Crippen molar-refractivity contribution in [3.63, 3.8) is 0 Å². The molecule has 0 radical (unpaired) electrons. The molecule has 1 aromatic heterocycles. The molecule has 1 atom stereocenters. The Morgan fingerprint density at radius 2 is 2.10 bits per heavy atom. The van der Waals surface area contributed by atoms with Crippen molar-refractivity contribution in [2.45, 2.75) is 25.1 Å². The summed E-state index contributed by atoms with van der Waals surface area (Å²) in [6.45, 7) is 4.98. The molecular weight excluding hydrogens is 316 g/mol. The molecule has 2 aromatic rings. The fourth-order valence-corrected chi connectivity index (χ4v) is 3.10. The van der Waals surface area contributed by atoms with Crippen molar-refractivity contribution < 1.29 is 4.79 Å². The van der Waals surface area contributed by atoms with Crippen molar-refractivity contribution in [3.8, 4) is 0 Å². The lowest BCUT2D eigenvalue weighted by atomic mass is 10.1. The van der Waals surface area contributed by atoms with E-state index in [0.29, 0.717) is 22.9 Å². The van der Waals surface area contributed by atoms with E-state index < -0.39 is 0 Å². The Hall–Kier alpha value is -1.42. The quantitative estimate of drug-likeness (QED) is 0.845. The van der Waals surface area contributed by atoms with E-state index in [1.807, 2.05) is 30.3 Å². The van der Waals surface area contributed by atoms with Gasteiger partial charge < -0.3 is 5.32 Å². The van der Waals surface area contributed by atoms with Gasteiger partial charge in [-0.3, -0.25) is 9.78 Å². The van der Waals surface area contributed by atoms with Crippen LogP contribution in [0.4, 0.5) is 0 Å². The maximum Gasteiger partial charge on any atom is 0.252 e. The van der Waals surface area contributed by atoms with Gasteiger partial charge in [0.1, 0.15) is 0 Å². The van der Waals surface area contributed by atoms with Crippen molar-refractivity contribution in [3.05, 3.63) is 42.1 Å². The van der Waals surface area contributed by atoms with Crippen LogP contribution in [0.1, 0.15) is 30.6 Å². The summed E-state index contributed by atoms with van der Waals surface area (Å²) < 4.78 is 0. The Morgan fingerprint density at radius 1 is 1.30 bits per heavy atom. The normalized spacial score (nSPS) is 12.6. The average molecular weight is 335 g/mol. The van der Waals surface area contributed by atoms with E-state index in [4.69, 9.17) is 0 Å². The number of nitrogens with zero attached hydrogens (tertiary/aromatic N) is 1. The van der Waals surface area contributed by atoms with Gasteiger partial charge in [0.15, 0.2) is 0 Å². The van der Waals surface area contributed by atoms with Gasteiger partial charge in [-0.1, -0.05) is 41.9 Å². The highest BCUT2D eigenvalue weighted by Gasteiger charge is 2.12. The van der Waals surface area contributed by atoms with Crippen LogP contribution in [0.2, 0.25) is 0 Å². The molecule has 1 N–H and O–H groups in total. The maximum absolute atomic E-state index is 12.3. The minimum absolute atomic E-state index is 0.0446. The number of amides is 1. The highest BCUT2D eigenvalue weighted by Crippen LogP contribution is 2.17. The molecule has 1 unspecified atom stereocenters. The fraction of sp³-hybridized carbons (Fsp3) is 0.375. The monoisotopic (exact) mass is 334 g/mol. The van der Waals surface area contributed by atoms with Crippen LogP contribution >= 0.6 is 15.9 Å². The number of halogens is 1. The number of fused-ring (bicyclic) bond motifs is 1. The zero-order chi connectivity index (χ0) is 14.5. The smallest absolute Gasteiger partial charge is 0.252 e. The van der Waals surface area contributed by atoms with Crippen LogP contribution in [-0.2, 0) is 0 Å². The zero-order valence-corrected chi connectivity index (χ0v) is 13.4.